The third kappa shape index (κ3) is 4.63. The molecule has 0 saturated heterocycles. The molecule has 0 amide bonds. The van der Waals surface area contributed by atoms with Gasteiger partial charge in [-0.2, -0.15) is 0 Å². The Kier molecular flexibility index (Phi) is 6.09. The van der Waals surface area contributed by atoms with Crippen LogP contribution in [0, 0.1) is 5.92 Å². The minimum Gasteiger partial charge on any atom is -0.310 e. The first-order chi connectivity index (χ1) is 9.66. The number of hydrogen-bond acceptors (Lipinski definition) is 1. The van der Waals surface area contributed by atoms with Crippen LogP contribution in [0.3, 0.4) is 0 Å². The van der Waals surface area contributed by atoms with Crippen LogP contribution in [-0.2, 0) is 6.54 Å². The molecule has 112 valence electrons. The number of rotatable bonds is 5. The Morgan fingerprint density at radius 2 is 1.55 bits per heavy atom. The van der Waals surface area contributed by atoms with Crippen molar-refractivity contribution in [1.29, 1.82) is 0 Å². The molecular weight excluding hydrogens is 242 g/mol. The number of nitrogens with one attached hydrogen (secondary N) is 1. The lowest BCUT2D eigenvalue weighted by Gasteiger charge is -2.23. The highest BCUT2D eigenvalue weighted by atomic mass is 14.9. The first-order valence-corrected chi connectivity index (χ1v) is 8.49. The van der Waals surface area contributed by atoms with Gasteiger partial charge in [0, 0.05) is 12.6 Å². The molecule has 0 bridgehead atoms. The maximum Gasteiger partial charge on any atom is 0.0208 e. The van der Waals surface area contributed by atoms with Crippen LogP contribution in [0.25, 0.3) is 0 Å². The summed E-state index contributed by atoms with van der Waals surface area (Å²) < 4.78 is 0. The Labute approximate surface area is 125 Å². The molecule has 1 atom stereocenters. The highest BCUT2D eigenvalue weighted by Crippen LogP contribution is 2.25. The lowest BCUT2D eigenvalue weighted by molar-refractivity contribution is 0.336. The van der Waals surface area contributed by atoms with Gasteiger partial charge >= 0.3 is 0 Å². The summed E-state index contributed by atoms with van der Waals surface area (Å²) in [4.78, 5) is 0. The molecule has 0 spiro atoms. The highest BCUT2D eigenvalue weighted by Gasteiger charge is 2.18. The van der Waals surface area contributed by atoms with E-state index in [1.807, 2.05) is 0 Å². The summed E-state index contributed by atoms with van der Waals surface area (Å²) in [6, 6.07) is 9.76. The van der Waals surface area contributed by atoms with Crippen LogP contribution in [0.2, 0.25) is 0 Å². The largest absolute Gasteiger partial charge is 0.310 e. The van der Waals surface area contributed by atoms with Crippen molar-refractivity contribution in [3.05, 3.63) is 35.4 Å². The van der Waals surface area contributed by atoms with Gasteiger partial charge in [0.1, 0.15) is 0 Å². The van der Waals surface area contributed by atoms with Crippen molar-refractivity contribution in [1.82, 2.24) is 5.32 Å². The van der Waals surface area contributed by atoms with Crippen LogP contribution in [0.5, 0.6) is 0 Å². The van der Waals surface area contributed by atoms with Gasteiger partial charge in [0.2, 0.25) is 0 Å². The predicted molar refractivity (Wildman–Crippen MR) is 88.0 cm³/mol. The van der Waals surface area contributed by atoms with Crippen LogP contribution in [0.1, 0.15) is 76.3 Å². The summed E-state index contributed by atoms with van der Waals surface area (Å²) in [7, 11) is 0. The summed E-state index contributed by atoms with van der Waals surface area (Å²) in [5.74, 6) is 1.51. The highest BCUT2D eigenvalue weighted by molar-refractivity contribution is 5.24. The summed E-state index contributed by atoms with van der Waals surface area (Å²) in [6.45, 7) is 7.89. The van der Waals surface area contributed by atoms with Gasteiger partial charge in [-0.15, -0.1) is 0 Å². The van der Waals surface area contributed by atoms with Gasteiger partial charge in [0.15, 0.2) is 0 Å². The summed E-state index contributed by atoms with van der Waals surface area (Å²) >= 11 is 0. The van der Waals surface area contributed by atoms with E-state index in [2.05, 4.69) is 50.4 Å². The lowest BCUT2D eigenvalue weighted by atomic mass is 9.93. The second-order valence-electron chi connectivity index (χ2n) is 6.82. The fourth-order valence-electron chi connectivity index (χ4n) is 3.28. The minimum atomic E-state index is 0.627. The van der Waals surface area contributed by atoms with Crippen molar-refractivity contribution >= 4 is 0 Å². The average molecular weight is 273 g/mol. The van der Waals surface area contributed by atoms with E-state index in [1.165, 1.54) is 49.7 Å². The van der Waals surface area contributed by atoms with E-state index in [1.54, 1.807) is 0 Å². The van der Waals surface area contributed by atoms with Gasteiger partial charge in [-0.25, -0.2) is 0 Å². The molecule has 0 radical (unpaired) electrons. The van der Waals surface area contributed by atoms with Gasteiger partial charge in [-0.1, -0.05) is 63.8 Å². The molecule has 0 unspecified atom stereocenters. The topological polar surface area (TPSA) is 12.0 Å². The molecule has 0 aliphatic heterocycles. The first-order valence-electron chi connectivity index (χ1n) is 8.49. The summed E-state index contributed by atoms with van der Waals surface area (Å²) in [5, 5.41) is 3.75. The zero-order valence-corrected chi connectivity index (χ0v) is 13.5. The van der Waals surface area contributed by atoms with E-state index in [9.17, 15) is 0 Å². The van der Waals surface area contributed by atoms with Crippen molar-refractivity contribution < 1.29 is 0 Å². The zero-order chi connectivity index (χ0) is 14.4. The van der Waals surface area contributed by atoms with E-state index in [-0.39, 0.29) is 0 Å². The van der Waals surface area contributed by atoms with E-state index in [0.29, 0.717) is 12.0 Å². The third-order valence-corrected chi connectivity index (χ3v) is 4.88. The molecule has 1 fully saturated rings. The molecule has 1 saturated carbocycles. The Hall–Kier alpha value is -0.820. The van der Waals surface area contributed by atoms with Crippen molar-refractivity contribution in [2.45, 2.75) is 77.8 Å². The normalized spacial score (nSPS) is 19.0. The van der Waals surface area contributed by atoms with Crippen LogP contribution < -0.4 is 5.32 Å². The second-order valence-corrected chi connectivity index (χ2v) is 6.82. The van der Waals surface area contributed by atoms with Gasteiger partial charge in [0.05, 0.1) is 0 Å². The van der Waals surface area contributed by atoms with Crippen LogP contribution in [-0.4, -0.2) is 6.04 Å². The predicted octanol–water partition coefficient (Wildman–Crippen LogP) is 5.26. The molecule has 0 heterocycles. The molecular formula is C19H31N. The molecule has 0 aromatic heterocycles. The molecule has 1 nitrogen and oxygen atoms in total. The van der Waals surface area contributed by atoms with Crippen molar-refractivity contribution in [2.24, 2.45) is 5.92 Å². The van der Waals surface area contributed by atoms with Crippen molar-refractivity contribution in [3.63, 3.8) is 0 Å². The first kappa shape index (κ1) is 15.6. The third-order valence-electron chi connectivity index (χ3n) is 4.88. The van der Waals surface area contributed by atoms with Gasteiger partial charge < -0.3 is 5.32 Å². The van der Waals surface area contributed by atoms with E-state index < -0.39 is 0 Å². The Morgan fingerprint density at radius 1 is 0.950 bits per heavy atom. The average Bonchev–Trinajstić information content (AvgIpc) is 2.74. The molecule has 1 N–H and O–H groups in total. The molecule has 1 aliphatic rings. The fourth-order valence-corrected chi connectivity index (χ4v) is 3.28. The smallest absolute Gasteiger partial charge is 0.0208 e. The van der Waals surface area contributed by atoms with Gasteiger partial charge in [-0.3, -0.25) is 0 Å². The molecule has 2 rings (SSSR count). The monoisotopic (exact) mass is 273 g/mol. The SMILES string of the molecule is CC(C)c1ccc(CN[C@H](C)C2CCCCCC2)cc1. The van der Waals surface area contributed by atoms with Crippen LogP contribution in [0.4, 0.5) is 0 Å². The van der Waals surface area contributed by atoms with Gasteiger partial charge in [-0.05, 0) is 42.7 Å². The molecule has 20 heavy (non-hydrogen) atoms. The Balaban J connectivity index is 1.81. The molecule has 1 aromatic carbocycles. The quantitative estimate of drug-likeness (QED) is 0.722. The Bertz CT molecular complexity index is 371. The number of benzene rings is 1. The van der Waals surface area contributed by atoms with Crippen LogP contribution in [0.15, 0.2) is 24.3 Å². The maximum absolute atomic E-state index is 3.75. The molecule has 1 aliphatic carbocycles. The van der Waals surface area contributed by atoms with E-state index in [4.69, 9.17) is 0 Å². The van der Waals surface area contributed by atoms with Crippen molar-refractivity contribution in [2.75, 3.05) is 0 Å². The van der Waals surface area contributed by atoms with Gasteiger partial charge in [0.25, 0.3) is 0 Å². The van der Waals surface area contributed by atoms with E-state index in [0.717, 1.165) is 12.5 Å². The molecule has 1 heteroatoms. The lowest BCUT2D eigenvalue weighted by Crippen LogP contribution is -2.32. The second kappa shape index (κ2) is 7.83. The maximum atomic E-state index is 3.75. The summed E-state index contributed by atoms with van der Waals surface area (Å²) in [5.41, 5.74) is 2.85. The summed E-state index contributed by atoms with van der Waals surface area (Å²) in [6.07, 6.45) is 8.58. The fraction of sp³-hybridized carbons (Fsp3) is 0.684. The molecule has 1 aromatic rings. The van der Waals surface area contributed by atoms with Crippen molar-refractivity contribution in [3.8, 4) is 0 Å². The van der Waals surface area contributed by atoms with E-state index >= 15 is 0 Å². The zero-order valence-electron chi connectivity index (χ0n) is 13.5. The number of hydrogen-bond donors (Lipinski definition) is 1. The van der Waals surface area contributed by atoms with Crippen LogP contribution >= 0.6 is 0 Å². The standard InChI is InChI=1S/C19H31N/c1-15(2)18-12-10-17(11-13-18)14-20-16(3)19-8-6-4-5-7-9-19/h10-13,15-16,19-20H,4-9,14H2,1-3H3/t16-/m1/s1. The Morgan fingerprint density at radius 3 is 2.10 bits per heavy atom. The minimum absolute atomic E-state index is 0.627.